The average Bonchev–Trinajstić information content (AvgIpc) is 2.32. The van der Waals surface area contributed by atoms with E-state index in [2.05, 4.69) is 19.3 Å². The third-order valence-corrected chi connectivity index (χ3v) is 4.43. The zero-order chi connectivity index (χ0) is 15.4. The number of hydrazine groups is 1. The van der Waals surface area contributed by atoms with Gasteiger partial charge in [-0.25, -0.2) is 0 Å². The summed E-state index contributed by atoms with van der Waals surface area (Å²) in [5.74, 6) is 5.52. The normalized spacial score (nSPS) is 23.6. The molecule has 0 spiro atoms. The van der Waals surface area contributed by atoms with Crippen molar-refractivity contribution in [3.8, 4) is 0 Å². The van der Waals surface area contributed by atoms with E-state index in [1.165, 1.54) is 0 Å². The highest BCUT2D eigenvalue weighted by molar-refractivity contribution is 4.98. The Morgan fingerprint density at radius 3 is 2.15 bits per heavy atom. The van der Waals surface area contributed by atoms with Crippen LogP contribution in [0.3, 0.4) is 0 Å². The van der Waals surface area contributed by atoms with E-state index in [1.807, 2.05) is 6.92 Å². The molecule has 20 heavy (non-hydrogen) atoms. The number of rotatable bonds is 6. The van der Waals surface area contributed by atoms with Crippen molar-refractivity contribution in [2.24, 2.45) is 11.3 Å². The van der Waals surface area contributed by atoms with Gasteiger partial charge in [-0.05, 0) is 44.4 Å². The molecular weight excluding hydrogens is 269 g/mol. The fourth-order valence-corrected chi connectivity index (χ4v) is 3.04. The summed E-state index contributed by atoms with van der Waals surface area (Å²) in [6, 6.07) is -0.458. The van der Waals surface area contributed by atoms with Crippen LogP contribution in [0, 0.1) is 5.41 Å². The van der Waals surface area contributed by atoms with Gasteiger partial charge in [-0.3, -0.25) is 11.3 Å². The minimum Gasteiger partial charge on any atom is -0.374 e. The number of alkyl halides is 3. The second-order valence-corrected chi connectivity index (χ2v) is 6.54. The summed E-state index contributed by atoms with van der Waals surface area (Å²) < 4.78 is 43.2. The van der Waals surface area contributed by atoms with Gasteiger partial charge < -0.3 is 4.74 Å². The van der Waals surface area contributed by atoms with Crippen LogP contribution in [-0.2, 0) is 4.74 Å². The lowest BCUT2D eigenvalue weighted by Gasteiger charge is -2.47. The molecule has 1 unspecified atom stereocenters. The number of hydrogen-bond donors (Lipinski definition) is 2. The minimum atomic E-state index is -4.16. The van der Waals surface area contributed by atoms with Gasteiger partial charge in [0.05, 0.1) is 11.6 Å². The average molecular weight is 296 g/mol. The maximum absolute atomic E-state index is 12.4. The number of halogens is 3. The molecule has 0 amide bonds. The lowest BCUT2D eigenvalue weighted by Crippen LogP contribution is -2.57. The molecule has 3 N–H and O–H groups in total. The fourth-order valence-electron chi connectivity index (χ4n) is 3.04. The molecule has 0 radical (unpaired) electrons. The Kier molecular flexibility index (Phi) is 5.87. The van der Waals surface area contributed by atoms with Crippen molar-refractivity contribution in [3.63, 3.8) is 0 Å². The Balaban J connectivity index is 2.76. The third kappa shape index (κ3) is 4.90. The minimum absolute atomic E-state index is 0.0412. The van der Waals surface area contributed by atoms with Crippen LogP contribution in [0.1, 0.15) is 59.3 Å². The van der Waals surface area contributed by atoms with Crippen molar-refractivity contribution in [2.75, 3.05) is 6.61 Å². The van der Waals surface area contributed by atoms with E-state index in [9.17, 15) is 13.2 Å². The number of ether oxygens (including phenoxy) is 1. The summed E-state index contributed by atoms with van der Waals surface area (Å²) in [6.45, 7) is 6.73. The molecule has 0 aromatic heterocycles. The molecule has 1 saturated carbocycles. The first-order chi connectivity index (χ1) is 9.14. The Labute approximate surface area is 119 Å². The topological polar surface area (TPSA) is 47.3 Å². The molecule has 6 heteroatoms. The summed E-state index contributed by atoms with van der Waals surface area (Å²) in [7, 11) is 0. The van der Waals surface area contributed by atoms with Crippen LogP contribution >= 0.6 is 0 Å². The van der Waals surface area contributed by atoms with E-state index in [-0.39, 0.29) is 11.8 Å². The maximum Gasteiger partial charge on any atom is 0.389 e. The maximum atomic E-state index is 12.4. The monoisotopic (exact) mass is 296 g/mol. The molecule has 0 saturated heterocycles. The van der Waals surface area contributed by atoms with Crippen molar-refractivity contribution in [1.29, 1.82) is 0 Å². The van der Waals surface area contributed by atoms with Crippen LogP contribution in [-0.4, -0.2) is 24.4 Å². The van der Waals surface area contributed by atoms with Gasteiger partial charge >= 0.3 is 6.18 Å². The summed E-state index contributed by atoms with van der Waals surface area (Å²) in [4.78, 5) is 0. The molecule has 120 valence electrons. The Morgan fingerprint density at radius 2 is 1.75 bits per heavy atom. The van der Waals surface area contributed by atoms with Crippen molar-refractivity contribution >= 4 is 0 Å². The van der Waals surface area contributed by atoms with Crippen LogP contribution in [0.2, 0.25) is 0 Å². The molecule has 1 atom stereocenters. The first-order valence-electron chi connectivity index (χ1n) is 7.31. The van der Waals surface area contributed by atoms with Crippen molar-refractivity contribution in [2.45, 2.75) is 77.1 Å². The van der Waals surface area contributed by atoms with Gasteiger partial charge in [-0.1, -0.05) is 13.8 Å². The largest absolute Gasteiger partial charge is 0.389 e. The molecule has 0 heterocycles. The quantitative estimate of drug-likeness (QED) is 0.582. The van der Waals surface area contributed by atoms with Crippen LogP contribution in [0.15, 0.2) is 0 Å². The predicted molar refractivity (Wildman–Crippen MR) is 73.0 cm³/mol. The Hall–Kier alpha value is -0.330. The van der Waals surface area contributed by atoms with Gasteiger partial charge in [-0.15, -0.1) is 0 Å². The highest BCUT2D eigenvalue weighted by Crippen LogP contribution is 2.44. The number of nitrogens with two attached hydrogens (primary N) is 1. The molecule has 1 fully saturated rings. The molecule has 3 nitrogen and oxygen atoms in total. The zero-order valence-corrected chi connectivity index (χ0v) is 12.6. The third-order valence-electron chi connectivity index (χ3n) is 4.43. The molecule has 0 bridgehead atoms. The Bertz CT molecular complexity index is 295. The lowest BCUT2D eigenvalue weighted by molar-refractivity contribution is -0.148. The van der Waals surface area contributed by atoms with Crippen molar-refractivity contribution < 1.29 is 17.9 Å². The fraction of sp³-hybridized carbons (Fsp3) is 1.00. The lowest BCUT2D eigenvalue weighted by atomic mass is 9.68. The second kappa shape index (κ2) is 6.62. The van der Waals surface area contributed by atoms with Crippen molar-refractivity contribution in [3.05, 3.63) is 0 Å². The molecular formula is C14H27F3N2O. The van der Waals surface area contributed by atoms with Crippen LogP contribution in [0.5, 0.6) is 0 Å². The van der Waals surface area contributed by atoms with Crippen LogP contribution in [0.4, 0.5) is 13.2 Å². The van der Waals surface area contributed by atoms with Gasteiger partial charge in [0, 0.05) is 13.0 Å². The van der Waals surface area contributed by atoms with Crippen LogP contribution < -0.4 is 11.3 Å². The molecule has 0 aromatic carbocycles. The summed E-state index contributed by atoms with van der Waals surface area (Å²) >= 11 is 0. The predicted octanol–water partition coefficient (Wildman–Crippen LogP) is 3.54. The molecule has 0 aliphatic heterocycles. The smallest absolute Gasteiger partial charge is 0.374 e. The highest BCUT2D eigenvalue weighted by Gasteiger charge is 2.45. The van der Waals surface area contributed by atoms with Gasteiger partial charge in [0.25, 0.3) is 0 Å². The highest BCUT2D eigenvalue weighted by atomic mass is 19.4. The van der Waals surface area contributed by atoms with Gasteiger partial charge in [0.2, 0.25) is 0 Å². The second-order valence-electron chi connectivity index (χ2n) is 6.54. The number of nitrogens with one attached hydrogen (secondary N) is 1. The van der Waals surface area contributed by atoms with Gasteiger partial charge in [0.15, 0.2) is 0 Å². The zero-order valence-electron chi connectivity index (χ0n) is 12.6. The van der Waals surface area contributed by atoms with E-state index in [0.29, 0.717) is 6.61 Å². The van der Waals surface area contributed by atoms with E-state index >= 15 is 0 Å². The summed E-state index contributed by atoms with van der Waals surface area (Å²) in [6.07, 6.45) is -1.65. The first-order valence-corrected chi connectivity index (χ1v) is 7.31. The standard InChI is InChI=1S/C14H27F3N2O/c1-4-20-13(9-7-12(2,3)8-10-13)11(19-18)5-6-14(15,16)17/h11,19H,4-10,18H2,1-3H3. The summed E-state index contributed by atoms with van der Waals surface area (Å²) in [5.41, 5.74) is 2.23. The molecule has 0 aromatic rings. The molecule has 1 aliphatic rings. The SMILES string of the molecule is CCOC1(C(CCC(F)(F)F)NN)CCC(C)(C)CC1. The van der Waals surface area contributed by atoms with Gasteiger partial charge in [0.1, 0.15) is 0 Å². The van der Waals surface area contributed by atoms with E-state index in [0.717, 1.165) is 25.7 Å². The van der Waals surface area contributed by atoms with Crippen LogP contribution in [0.25, 0.3) is 0 Å². The first kappa shape index (κ1) is 17.7. The van der Waals surface area contributed by atoms with Crippen molar-refractivity contribution in [1.82, 2.24) is 5.43 Å². The molecule has 1 aliphatic carbocycles. The van der Waals surface area contributed by atoms with E-state index < -0.39 is 24.2 Å². The Morgan fingerprint density at radius 1 is 1.20 bits per heavy atom. The van der Waals surface area contributed by atoms with Gasteiger partial charge in [-0.2, -0.15) is 13.2 Å². The number of hydrogen-bond acceptors (Lipinski definition) is 3. The molecule has 1 rings (SSSR count). The summed E-state index contributed by atoms with van der Waals surface area (Å²) in [5, 5.41) is 0. The van der Waals surface area contributed by atoms with E-state index in [4.69, 9.17) is 10.6 Å². The van der Waals surface area contributed by atoms with E-state index in [1.54, 1.807) is 0 Å².